The molecule has 1 unspecified atom stereocenters. The monoisotopic (exact) mass is 373 g/mol. The van der Waals surface area contributed by atoms with Crippen molar-refractivity contribution >= 4 is 5.97 Å². The molecule has 140 valence electrons. The SMILES string of the molecule is O=C(OCCN1CCCCC1CCc1ccccc1)c1ccccc1.[Cl-].[H+]. The molecule has 2 aromatic rings. The molecule has 2 aromatic carbocycles. The Morgan fingerprint density at radius 2 is 1.73 bits per heavy atom. The second-order valence-electron chi connectivity index (χ2n) is 6.71. The molecule has 1 saturated heterocycles. The van der Waals surface area contributed by atoms with Crippen molar-refractivity contribution in [2.45, 2.75) is 38.1 Å². The lowest BCUT2D eigenvalue weighted by molar-refractivity contribution is -0.0000248. The Morgan fingerprint density at radius 3 is 2.46 bits per heavy atom. The van der Waals surface area contributed by atoms with E-state index < -0.39 is 0 Å². The van der Waals surface area contributed by atoms with Gasteiger partial charge in [0.15, 0.2) is 0 Å². The van der Waals surface area contributed by atoms with Crippen molar-refractivity contribution in [1.82, 2.24) is 4.90 Å². The molecular weight excluding hydrogens is 346 g/mol. The van der Waals surface area contributed by atoms with Crippen LogP contribution < -0.4 is 12.4 Å². The van der Waals surface area contributed by atoms with Gasteiger partial charge in [-0.05, 0) is 49.9 Å². The predicted octanol–water partition coefficient (Wildman–Crippen LogP) is 1.45. The van der Waals surface area contributed by atoms with Gasteiger partial charge in [-0.1, -0.05) is 55.0 Å². The topological polar surface area (TPSA) is 29.5 Å². The third-order valence-electron chi connectivity index (χ3n) is 4.98. The van der Waals surface area contributed by atoms with Crippen LogP contribution in [0.25, 0.3) is 0 Å². The average molecular weight is 374 g/mol. The zero-order valence-corrected chi connectivity index (χ0v) is 15.9. The highest BCUT2D eigenvalue weighted by molar-refractivity contribution is 5.89. The number of halogens is 1. The van der Waals surface area contributed by atoms with Gasteiger partial charge >= 0.3 is 7.40 Å². The van der Waals surface area contributed by atoms with Crippen LogP contribution in [-0.4, -0.2) is 36.6 Å². The molecule has 3 rings (SSSR count). The number of benzene rings is 2. The van der Waals surface area contributed by atoms with Gasteiger partial charge in [-0.2, -0.15) is 0 Å². The zero-order chi connectivity index (χ0) is 17.3. The second kappa shape index (κ2) is 11.0. The summed E-state index contributed by atoms with van der Waals surface area (Å²) in [5, 5.41) is 0. The maximum absolute atomic E-state index is 12.0. The summed E-state index contributed by atoms with van der Waals surface area (Å²) in [5.41, 5.74) is 2.03. The van der Waals surface area contributed by atoms with Crippen molar-refractivity contribution in [2.75, 3.05) is 19.7 Å². The quantitative estimate of drug-likeness (QED) is 0.688. The summed E-state index contributed by atoms with van der Waals surface area (Å²) in [5.74, 6) is -0.224. The molecule has 0 amide bonds. The standard InChI is InChI=1S/C22H27NO2.ClH/c24-22(20-11-5-2-6-12-20)25-18-17-23-16-8-7-13-21(23)15-14-19-9-3-1-4-10-19;/h1-6,9-12,21H,7-8,13-18H2;1H. The van der Waals surface area contributed by atoms with Crippen LogP contribution >= 0.6 is 0 Å². The van der Waals surface area contributed by atoms with E-state index >= 15 is 0 Å². The van der Waals surface area contributed by atoms with Gasteiger partial charge in [0.1, 0.15) is 6.61 Å². The van der Waals surface area contributed by atoms with E-state index in [0.29, 0.717) is 18.2 Å². The van der Waals surface area contributed by atoms with Crippen molar-refractivity contribution in [1.29, 1.82) is 0 Å². The Labute approximate surface area is 164 Å². The molecule has 4 heteroatoms. The number of esters is 1. The Balaban J connectivity index is 0.00000182. The van der Waals surface area contributed by atoms with Crippen LogP contribution in [0.15, 0.2) is 60.7 Å². The molecule has 0 spiro atoms. The van der Waals surface area contributed by atoms with Gasteiger partial charge in [0.05, 0.1) is 5.56 Å². The summed E-state index contributed by atoms with van der Waals surface area (Å²) >= 11 is 0. The highest BCUT2D eigenvalue weighted by atomic mass is 35.5. The third kappa shape index (κ3) is 6.15. The Hall–Kier alpha value is -1.84. The first kappa shape index (κ1) is 20.5. The number of piperidine rings is 1. The van der Waals surface area contributed by atoms with Gasteiger partial charge in [-0.3, -0.25) is 4.90 Å². The summed E-state index contributed by atoms with van der Waals surface area (Å²) in [6.45, 7) is 2.41. The van der Waals surface area contributed by atoms with Crippen LogP contribution in [0.2, 0.25) is 0 Å². The van der Waals surface area contributed by atoms with Crippen molar-refractivity contribution in [3.8, 4) is 0 Å². The molecule has 0 saturated carbocycles. The van der Waals surface area contributed by atoms with Crippen molar-refractivity contribution in [3.05, 3.63) is 71.8 Å². The normalized spacial score (nSPS) is 17.3. The van der Waals surface area contributed by atoms with E-state index in [4.69, 9.17) is 4.74 Å². The molecule has 1 atom stereocenters. The van der Waals surface area contributed by atoms with E-state index in [1.807, 2.05) is 18.2 Å². The Kier molecular flexibility index (Phi) is 8.66. The number of ether oxygens (including phenoxy) is 1. The van der Waals surface area contributed by atoms with E-state index in [0.717, 1.165) is 19.5 Å². The van der Waals surface area contributed by atoms with Crippen LogP contribution in [-0.2, 0) is 11.2 Å². The van der Waals surface area contributed by atoms with E-state index in [-0.39, 0.29) is 19.8 Å². The minimum Gasteiger partial charge on any atom is -1.00 e. The van der Waals surface area contributed by atoms with Crippen molar-refractivity contribution < 1.29 is 23.4 Å². The number of aryl methyl sites for hydroxylation is 1. The van der Waals surface area contributed by atoms with E-state index in [1.165, 1.54) is 31.2 Å². The first-order valence-corrected chi connectivity index (χ1v) is 9.33. The zero-order valence-electron chi connectivity index (χ0n) is 16.1. The Bertz CT molecular complexity index is 654. The molecular formula is C22H28ClNO2. The minimum absolute atomic E-state index is 0. The lowest BCUT2D eigenvalue weighted by Gasteiger charge is -2.35. The fourth-order valence-electron chi connectivity index (χ4n) is 3.57. The van der Waals surface area contributed by atoms with Gasteiger partial charge in [0.25, 0.3) is 0 Å². The molecule has 1 aliphatic rings. The number of hydrogen-bond donors (Lipinski definition) is 0. The van der Waals surface area contributed by atoms with Crippen LogP contribution in [0.4, 0.5) is 0 Å². The van der Waals surface area contributed by atoms with E-state index in [9.17, 15) is 4.79 Å². The first-order chi connectivity index (χ1) is 12.3. The maximum Gasteiger partial charge on any atom is 1.00 e. The van der Waals surface area contributed by atoms with Gasteiger partial charge in [-0.15, -0.1) is 0 Å². The fourth-order valence-corrected chi connectivity index (χ4v) is 3.57. The molecule has 0 radical (unpaired) electrons. The highest BCUT2D eigenvalue weighted by Gasteiger charge is 2.22. The van der Waals surface area contributed by atoms with Crippen molar-refractivity contribution in [2.24, 2.45) is 0 Å². The molecule has 3 nitrogen and oxygen atoms in total. The smallest absolute Gasteiger partial charge is 1.00 e. The highest BCUT2D eigenvalue weighted by Crippen LogP contribution is 2.21. The molecule has 0 aromatic heterocycles. The first-order valence-electron chi connectivity index (χ1n) is 9.33. The number of likely N-dealkylation sites (tertiary alicyclic amines) is 1. The second-order valence-corrected chi connectivity index (χ2v) is 6.71. The summed E-state index contributed by atoms with van der Waals surface area (Å²) in [7, 11) is 0. The van der Waals surface area contributed by atoms with Crippen molar-refractivity contribution in [3.63, 3.8) is 0 Å². The number of carbonyl (C=O) groups excluding carboxylic acids is 1. The summed E-state index contributed by atoms with van der Waals surface area (Å²) < 4.78 is 5.46. The number of hydrogen-bond acceptors (Lipinski definition) is 3. The average Bonchev–Trinajstić information content (AvgIpc) is 2.68. The molecule has 1 heterocycles. The van der Waals surface area contributed by atoms with E-state index in [2.05, 4.69) is 35.2 Å². The van der Waals surface area contributed by atoms with Gasteiger partial charge in [0, 0.05) is 12.6 Å². The number of nitrogens with zero attached hydrogens (tertiary/aromatic N) is 1. The fraction of sp³-hybridized carbons (Fsp3) is 0.409. The lowest BCUT2D eigenvalue weighted by atomic mass is 9.96. The largest absolute Gasteiger partial charge is 1.00 e. The molecule has 0 bridgehead atoms. The van der Waals surface area contributed by atoms with Crippen LogP contribution in [0.1, 0.15) is 43.0 Å². The van der Waals surface area contributed by atoms with Gasteiger partial charge < -0.3 is 17.1 Å². The number of rotatable bonds is 7. The van der Waals surface area contributed by atoms with Crippen LogP contribution in [0.5, 0.6) is 0 Å². The van der Waals surface area contributed by atoms with Gasteiger partial charge in [-0.25, -0.2) is 4.79 Å². The van der Waals surface area contributed by atoms with Crippen LogP contribution in [0, 0.1) is 0 Å². The predicted molar refractivity (Wildman–Crippen MR) is 102 cm³/mol. The summed E-state index contributed by atoms with van der Waals surface area (Å²) in [6, 6.07) is 20.5. The molecule has 1 aliphatic heterocycles. The Morgan fingerprint density at radius 1 is 1.04 bits per heavy atom. The lowest BCUT2D eigenvalue weighted by Crippen LogP contribution is -3.00. The molecule has 26 heavy (non-hydrogen) atoms. The van der Waals surface area contributed by atoms with E-state index in [1.54, 1.807) is 12.1 Å². The summed E-state index contributed by atoms with van der Waals surface area (Å²) in [4.78, 5) is 14.5. The molecule has 0 aliphatic carbocycles. The summed E-state index contributed by atoms with van der Waals surface area (Å²) in [6.07, 6.45) is 6.09. The number of carbonyl (C=O) groups is 1. The van der Waals surface area contributed by atoms with Crippen LogP contribution in [0.3, 0.4) is 0 Å². The molecule has 1 fully saturated rings. The third-order valence-corrected chi connectivity index (χ3v) is 4.98. The maximum atomic E-state index is 12.0. The molecule has 0 N–H and O–H groups in total. The van der Waals surface area contributed by atoms with Gasteiger partial charge in [0.2, 0.25) is 0 Å². The minimum atomic E-state index is -0.224.